The van der Waals surface area contributed by atoms with Crippen LogP contribution in [-0.2, 0) is 8.85 Å². The van der Waals surface area contributed by atoms with Crippen LogP contribution in [0.3, 0.4) is 0 Å². The Balaban J connectivity index is 1.87. The highest BCUT2D eigenvalue weighted by Gasteiger charge is 2.54. The van der Waals surface area contributed by atoms with Crippen LogP contribution in [0.2, 0.25) is 36.3 Å². The zero-order chi connectivity index (χ0) is 20.4. The normalized spacial score (nSPS) is 33.9. The Hall–Kier alpha value is -0.326. The summed E-state index contributed by atoms with van der Waals surface area (Å²) in [5.74, 6) is 3.79. The molecule has 0 radical (unpaired) electrons. The summed E-state index contributed by atoms with van der Waals surface area (Å²) in [4.78, 5) is 0. The van der Waals surface area contributed by atoms with Crippen molar-refractivity contribution in [3.8, 4) is 0 Å². The van der Waals surface area contributed by atoms with E-state index in [1.54, 1.807) is 0 Å². The Morgan fingerprint density at radius 2 is 1.41 bits per heavy atom. The van der Waals surface area contributed by atoms with Crippen LogP contribution in [0.4, 0.5) is 0 Å². The maximum atomic E-state index is 6.97. The van der Waals surface area contributed by atoms with Crippen molar-refractivity contribution in [2.24, 2.45) is 23.7 Å². The molecule has 2 bridgehead atoms. The van der Waals surface area contributed by atoms with Crippen molar-refractivity contribution in [1.29, 1.82) is 0 Å². The molecule has 3 rings (SSSR count). The van der Waals surface area contributed by atoms with E-state index in [0.29, 0.717) is 29.8 Å². The van der Waals surface area contributed by atoms with Gasteiger partial charge in [-0.3, -0.25) is 0 Å². The minimum absolute atomic E-state index is 0.241. The second kappa shape index (κ2) is 6.60. The van der Waals surface area contributed by atoms with Crippen molar-refractivity contribution in [2.75, 3.05) is 0 Å². The summed E-state index contributed by atoms with van der Waals surface area (Å²) in [5.41, 5.74) is 0. The molecule has 0 aliphatic heterocycles. The lowest BCUT2D eigenvalue weighted by molar-refractivity contribution is 0.0603. The van der Waals surface area contributed by atoms with Crippen molar-refractivity contribution < 1.29 is 8.85 Å². The smallest absolute Gasteiger partial charge is 0.250 e. The topological polar surface area (TPSA) is 18.5 Å². The van der Waals surface area contributed by atoms with Crippen molar-refractivity contribution in [2.45, 2.75) is 96.8 Å². The fraction of sp³-hybridized carbons (Fsp3) is 0.826. The highest BCUT2D eigenvalue weighted by molar-refractivity contribution is 6.74. The first-order valence-corrected chi connectivity index (χ1v) is 16.7. The van der Waals surface area contributed by atoms with Crippen LogP contribution in [0, 0.1) is 23.7 Å². The van der Waals surface area contributed by atoms with Gasteiger partial charge in [0.25, 0.3) is 0 Å². The summed E-state index contributed by atoms with van der Waals surface area (Å²) in [7, 11) is -3.57. The Labute approximate surface area is 170 Å². The molecule has 0 amide bonds. The number of fused-ring (bicyclic) bond motifs is 5. The molecule has 27 heavy (non-hydrogen) atoms. The summed E-state index contributed by atoms with van der Waals surface area (Å²) >= 11 is 0. The van der Waals surface area contributed by atoms with E-state index in [-0.39, 0.29) is 10.1 Å². The average molecular weight is 407 g/mol. The molecule has 0 N–H and O–H groups in total. The second-order valence-corrected chi connectivity index (χ2v) is 21.7. The van der Waals surface area contributed by atoms with Gasteiger partial charge >= 0.3 is 0 Å². The van der Waals surface area contributed by atoms with E-state index in [4.69, 9.17) is 8.85 Å². The zero-order valence-electron chi connectivity index (χ0n) is 19.3. The molecular formula is C23H42O2Si2. The molecule has 1 fully saturated rings. The van der Waals surface area contributed by atoms with Gasteiger partial charge in [-0.15, -0.1) is 0 Å². The van der Waals surface area contributed by atoms with E-state index in [9.17, 15) is 0 Å². The van der Waals surface area contributed by atoms with Crippen molar-refractivity contribution in [3.63, 3.8) is 0 Å². The predicted molar refractivity (Wildman–Crippen MR) is 121 cm³/mol. The van der Waals surface area contributed by atoms with Crippen LogP contribution in [-0.4, -0.2) is 22.7 Å². The maximum Gasteiger partial charge on any atom is 0.250 e. The molecule has 4 heteroatoms. The molecule has 3 aliphatic carbocycles. The van der Waals surface area contributed by atoms with Crippen LogP contribution in [0.25, 0.3) is 0 Å². The molecule has 154 valence electrons. The highest BCUT2D eigenvalue weighted by atomic mass is 28.4. The van der Waals surface area contributed by atoms with Crippen LogP contribution in [0.5, 0.6) is 0 Å². The first-order valence-electron chi connectivity index (χ1n) is 10.9. The molecule has 2 nitrogen and oxygen atoms in total. The molecule has 1 saturated carbocycles. The first kappa shape index (κ1) is 21.4. The van der Waals surface area contributed by atoms with Crippen LogP contribution >= 0.6 is 0 Å². The summed E-state index contributed by atoms with van der Waals surface area (Å²) < 4.78 is 13.8. The van der Waals surface area contributed by atoms with E-state index in [2.05, 4.69) is 86.0 Å². The van der Waals surface area contributed by atoms with E-state index < -0.39 is 16.6 Å². The molecule has 0 heterocycles. The third-order valence-corrected chi connectivity index (χ3v) is 17.1. The van der Waals surface area contributed by atoms with Gasteiger partial charge in [-0.2, -0.15) is 0 Å². The van der Waals surface area contributed by atoms with Gasteiger partial charge in [-0.25, -0.2) is 0 Å². The van der Waals surface area contributed by atoms with Gasteiger partial charge in [0.05, 0.1) is 11.9 Å². The quantitative estimate of drug-likeness (QED) is 0.365. The summed E-state index contributed by atoms with van der Waals surface area (Å²) in [5, 5.41) is 0.503. The zero-order valence-corrected chi connectivity index (χ0v) is 21.3. The molecular weight excluding hydrogens is 364 g/mol. The number of hydrogen-bond acceptors (Lipinski definition) is 2. The lowest BCUT2D eigenvalue weighted by Gasteiger charge is -2.47. The first-order chi connectivity index (χ1) is 12.1. The second-order valence-electron chi connectivity index (χ2n) is 12.2. The number of allylic oxidation sites excluding steroid dienone is 3. The largest absolute Gasteiger partial charge is 0.547 e. The summed E-state index contributed by atoms with van der Waals surface area (Å²) in [6.07, 6.45) is 10.0. The summed E-state index contributed by atoms with van der Waals surface area (Å²) in [6.45, 7) is 23.6. The van der Waals surface area contributed by atoms with E-state index in [0.717, 1.165) is 6.42 Å². The van der Waals surface area contributed by atoms with Gasteiger partial charge in [-0.1, -0.05) is 53.7 Å². The van der Waals surface area contributed by atoms with Gasteiger partial charge in [0.2, 0.25) is 8.32 Å². The molecule has 0 aromatic carbocycles. The molecule has 0 saturated heterocycles. The van der Waals surface area contributed by atoms with Gasteiger partial charge in [0, 0.05) is 11.8 Å². The molecule has 0 aromatic rings. The van der Waals surface area contributed by atoms with Crippen molar-refractivity contribution in [3.05, 3.63) is 24.0 Å². The Bertz CT molecular complexity index is 634. The SMILES string of the molecule is CC(C)(C)[Si](C)(C)OC1=CC[C@H](O[Si](C)(C)C(C)(C)C)[C@H]2[C@@H]1[C@H]1C=C[C@@H]2C1. The molecule has 0 spiro atoms. The van der Waals surface area contributed by atoms with Crippen LogP contribution < -0.4 is 0 Å². The van der Waals surface area contributed by atoms with Crippen molar-refractivity contribution in [1.82, 2.24) is 0 Å². The van der Waals surface area contributed by atoms with Gasteiger partial charge in [0.1, 0.15) is 0 Å². The minimum Gasteiger partial charge on any atom is -0.547 e. The molecule has 3 aliphatic rings. The Kier molecular flexibility index (Phi) is 5.23. The lowest BCUT2D eigenvalue weighted by Crippen LogP contribution is -2.49. The Morgan fingerprint density at radius 3 is 1.96 bits per heavy atom. The van der Waals surface area contributed by atoms with Crippen LogP contribution in [0.15, 0.2) is 24.0 Å². The average Bonchev–Trinajstić information content (AvgIpc) is 3.08. The fourth-order valence-electron chi connectivity index (χ4n) is 4.53. The van der Waals surface area contributed by atoms with Gasteiger partial charge in [-0.05, 0) is 67.0 Å². The number of rotatable bonds is 4. The molecule has 5 atom stereocenters. The highest BCUT2D eigenvalue weighted by Crippen LogP contribution is 2.57. The molecule has 0 unspecified atom stereocenters. The van der Waals surface area contributed by atoms with E-state index in [1.165, 1.54) is 12.2 Å². The number of hydrogen-bond donors (Lipinski definition) is 0. The maximum absolute atomic E-state index is 6.97. The van der Waals surface area contributed by atoms with Crippen molar-refractivity contribution >= 4 is 16.6 Å². The minimum atomic E-state index is -1.80. The summed E-state index contributed by atoms with van der Waals surface area (Å²) in [6, 6.07) is 0. The van der Waals surface area contributed by atoms with Gasteiger partial charge < -0.3 is 8.85 Å². The third-order valence-electron chi connectivity index (χ3n) is 8.26. The third kappa shape index (κ3) is 3.78. The van der Waals surface area contributed by atoms with Crippen LogP contribution in [0.1, 0.15) is 54.4 Å². The standard InChI is InChI=1S/C23H42O2Si2/c1-22(2,3)26(7,8)24-18-13-14-19(25-27(9,10)23(4,5)6)21-17-12-11-16(15-17)20(18)21/h11-13,16-17,19-21H,14-15H2,1-10H3/t16-,17+,19-,20+,21-/m0/s1. The van der Waals surface area contributed by atoms with E-state index >= 15 is 0 Å². The Morgan fingerprint density at radius 1 is 0.852 bits per heavy atom. The van der Waals surface area contributed by atoms with E-state index in [1.807, 2.05) is 0 Å². The predicted octanol–water partition coefficient (Wildman–Crippen LogP) is 7.12. The van der Waals surface area contributed by atoms with Gasteiger partial charge in [0.15, 0.2) is 8.32 Å². The molecule has 0 aromatic heterocycles. The monoisotopic (exact) mass is 406 g/mol. The lowest BCUT2D eigenvalue weighted by atomic mass is 9.74. The fourth-order valence-corrected chi connectivity index (χ4v) is 7.01.